The lowest BCUT2D eigenvalue weighted by Gasteiger charge is -2.16. The quantitative estimate of drug-likeness (QED) is 0.529. The Kier molecular flexibility index (Phi) is 7.51. The van der Waals surface area contributed by atoms with Crippen molar-refractivity contribution in [1.29, 1.82) is 0 Å². The Bertz CT molecular complexity index is 977. The molecular formula is C24H24F2N2O2. The van der Waals surface area contributed by atoms with E-state index in [9.17, 15) is 13.6 Å². The molecule has 4 nitrogen and oxygen atoms in total. The highest BCUT2D eigenvalue weighted by molar-refractivity contribution is 5.79. The molecule has 0 radical (unpaired) electrons. The van der Waals surface area contributed by atoms with Crippen LogP contribution in [0, 0.1) is 11.6 Å². The first-order valence-corrected chi connectivity index (χ1v) is 9.74. The van der Waals surface area contributed by atoms with Gasteiger partial charge in [0, 0.05) is 12.1 Å². The first-order chi connectivity index (χ1) is 14.5. The molecule has 156 valence electrons. The van der Waals surface area contributed by atoms with Crippen LogP contribution >= 0.6 is 0 Å². The molecule has 3 aromatic rings. The molecule has 30 heavy (non-hydrogen) atoms. The summed E-state index contributed by atoms with van der Waals surface area (Å²) in [5, 5.41) is 3.12. The average Bonchev–Trinajstić information content (AvgIpc) is 2.75. The summed E-state index contributed by atoms with van der Waals surface area (Å²) in [6.45, 7) is 0.572. The summed E-state index contributed by atoms with van der Waals surface area (Å²) < 4.78 is 33.0. The molecular weight excluding hydrogens is 386 g/mol. The van der Waals surface area contributed by atoms with E-state index in [1.807, 2.05) is 12.1 Å². The Labute approximate surface area is 174 Å². The van der Waals surface area contributed by atoms with Gasteiger partial charge in [-0.1, -0.05) is 48.5 Å². The molecule has 0 aliphatic carbocycles. The SMILES string of the molecule is NC(=O)C(CCc1ccccc1F)NCc1ccc(OCc2ccccc2F)cc1. The minimum atomic E-state index is -0.568. The second-order valence-corrected chi connectivity index (χ2v) is 6.99. The Morgan fingerprint density at radius 2 is 1.50 bits per heavy atom. The summed E-state index contributed by atoms with van der Waals surface area (Å²) in [5.41, 5.74) is 7.47. The maximum Gasteiger partial charge on any atom is 0.234 e. The summed E-state index contributed by atoms with van der Waals surface area (Å²) in [6, 6.07) is 19.7. The molecule has 0 spiro atoms. The Morgan fingerprint density at radius 3 is 2.10 bits per heavy atom. The van der Waals surface area contributed by atoms with E-state index in [-0.39, 0.29) is 18.2 Å². The fraction of sp³-hybridized carbons (Fsp3) is 0.208. The third-order valence-electron chi connectivity index (χ3n) is 4.83. The van der Waals surface area contributed by atoms with Crippen LogP contribution < -0.4 is 15.8 Å². The predicted octanol–water partition coefficient (Wildman–Crippen LogP) is 4.12. The van der Waals surface area contributed by atoms with Crippen LogP contribution in [-0.2, 0) is 24.4 Å². The molecule has 1 unspecified atom stereocenters. The van der Waals surface area contributed by atoms with Crippen molar-refractivity contribution in [3.05, 3.63) is 101 Å². The fourth-order valence-corrected chi connectivity index (χ4v) is 3.07. The van der Waals surface area contributed by atoms with E-state index in [4.69, 9.17) is 10.5 Å². The zero-order valence-electron chi connectivity index (χ0n) is 16.5. The van der Waals surface area contributed by atoms with Crippen LogP contribution in [0.25, 0.3) is 0 Å². The number of amides is 1. The van der Waals surface area contributed by atoms with Crippen LogP contribution in [-0.4, -0.2) is 11.9 Å². The van der Waals surface area contributed by atoms with Gasteiger partial charge in [-0.15, -0.1) is 0 Å². The number of hydrogen-bond acceptors (Lipinski definition) is 3. The van der Waals surface area contributed by atoms with Crippen LogP contribution in [0.2, 0.25) is 0 Å². The minimum Gasteiger partial charge on any atom is -0.489 e. The van der Waals surface area contributed by atoms with Gasteiger partial charge in [0.25, 0.3) is 0 Å². The van der Waals surface area contributed by atoms with Crippen molar-refractivity contribution in [2.45, 2.75) is 32.0 Å². The second kappa shape index (κ2) is 10.5. The van der Waals surface area contributed by atoms with Gasteiger partial charge in [-0.3, -0.25) is 4.79 Å². The fourth-order valence-electron chi connectivity index (χ4n) is 3.07. The molecule has 0 saturated heterocycles. The topological polar surface area (TPSA) is 64.4 Å². The molecule has 3 aromatic carbocycles. The van der Waals surface area contributed by atoms with E-state index in [1.54, 1.807) is 48.5 Å². The van der Waals surface area contributed by atoms with E-state index < -0.39 is 11.9 Å². The summed E-state index contributed by atoms with van der Waals surface area (Å²) in [6.07, 6.45) is 0.816. The van der Waals surface area contributed by atoms with E-state index in [2.05, 4.69) is 5.32 Å². The van der Waals surface area contributed by atoms with Crippen LogP contribution in [0.15, 0.2) is 72.8 Å². The molecule has 6 heteroatoms. The number of hydrogen-bond donors (Lipinski definition) is 2. The number of ether oxygens (including phenoxy) is 1. The standard InChI is InChI=1S/C24H24F2N2O2/c25-21-7-3-1-5-18(21)11-14-23(24(27)29)28-15-17-9-12-20(13-10-17)30-16-19-6-2-4-8-22(19)26/h1-10,12-13,23,28H,11,14-16H2,(H2,27,29). The highest BCUT2D eigenvalue weighted by atomic mass is 19.1. The third kappa shape index (κ3) is 6.12. The number of halogens is 2. The number of nitrogens with one attached hydrogen (secondary N) is 1. The van der Waals surface area contributed by atoms with Gasteiger partial charge in [0.1, 0.15) is 24.0 Å². The van der Waals surface area contributed by atoms with Gasteiger partial charge in [-0.2, -0.15) is 0 Å². The van der Waals surface area contributed by atoms with Crippen molar-refractivity contribution < 1.29 is 18.3 Å². The Hall–Kier alpha value is -3.25. The van der Waals surface area contributed by atoms with Crippen LogP contribution in [0.3, 0.4) is 0 Å². The second-order valence-electron chi connectivity index (χ2n) is 6.99. The molecule has 3 rings (SSSR count). The lowest BCUT2D eigenvalue weighted by atomic mass is 10.0. The first kappa shape index (κ1) is 21.5. The molecule has 1 atom stereocenters. The Morgan fingerprint density at radius 1 is 0.900 bits per heavy atom. The maximum atomic E-state index is 13.8. The number of nitrogens with two attached hydrogens (primary N) is 1. The van der Waals surface area contributed by atoms with Gasteiger partial charge in [-0.05, 0) is 48.2 Å². The van der Waals surface area contributed by atoms with Gasteiger partial charge in [-0.25, -0.2) is 8.78 Å². The third-order valence-corrected chi connectivity index (χ3v) is 4.83. The van der Waals surface area contributed by atoms with Crippen molar-refractivity contribution in [2.24, 2.45) is 5.73 Å². The lowest BCUT2D eigenvalue weighted by Crippen LogP contribution is -2.41. The van der Waals surface area contributed by atoms with Gasteiger partial charge >= 0.3 is 0 Å². The molecule has 0 aliphatic heterocycles. The summed E-state index contributed by atoms with van der Waals surface area (Å²) in [4.78, 5) is 11.7. The van der Waals surface area contributed by atoms with E-state index in [0.29, 0.717) is 36.3 Å². The zero-order chi connectivity index (χ0) is 21.3. The molecule has 0 fully saturated rings. The van der Waals surface area contributed by atoms with Crippen LogP contribution in [0.1, 0.15) is 23.1 Å². The van der Waals surface area contributed by atoms with Gasteiger partial charge in [0.2, 0.25) is 5.91 Å². The Balaban J connectivity index is 1.50. The highest BCUT2D eigenvalue weighted by Gasteiger charge is 2.15. The van der Waals surface area contributed by atoms with Gasteiger partial charge < -0.3 is 15.8 Å². The van der Waals surface area contributed by atoms with Gasteiger partial charge in [0.05, 0.1) is 6.04 Å². The smallest absolute Gasteiger partial charge is 0.234 e. The number of carbonyl (C=O) groups is 1. The van der Waals surface area contributed by atoms with Gasteiger partial charge in [0.15, 0.2) is 0 Å². The molecule has 0 heterocycles. The monoisotopic (exact) mass is 410 g/mol. The number of benzene rings is 3. The van der Waals surface area contributed by atoms with Crippen LogP contribution in [0.5, 0.6) is 5.75 Å². The molecule has 1 amide bonds. The summed E-state index contributed by atoms with van der Waals surface area (Å²) >= 11 is 0. The van der Waals surface area contributed by atoms with Crippen molar-refractivity contribution in [3.8, 4) is 5.75 Å². The number of rotatable bonds is 10. The molecule has 0 aromatic heterocycles. The highest BCUT2D eigenvalue weighted by Crippen LogP contribution is 2.16. The lowest BCUT2D eigenvalue weighted by molar-refractivity contribution is -0.120. The first-order valence-electron chi connectivity index (χ1n) is 9.74. The summed E-state index contributed by atoms with van der Waals surface area (Å²) in [5.74, 6) is -0.443. The van der Waals surface area contributed by atoms with E-state index >= 15 is 0 Å². The largest absolute Gasteiger partial charge is 0.489 e. The number of aryl methyl sites for hydroxylation is 1. The predicted molar refractivity (Wildman–Crippen MR) is 112 cm³/mol. The van der Waals surface area contributed by atoms with E-state index in [1.165, 1.54) is 12.1 Å². The normalized spacial score (nSPS) is 11.8. The molecule has 0 bridgehead atoms. The molecule has 0 saturated carbocycles. The van der Waals surface area contributed by atoms with Crippen molar-refractivity contribution in [1.82, 2.24) is 5.32 Å². The average molecular weight is 410 g/mol. The van der Waals surface area contributed by atoms with Crippen molar-refractivity contribution in [3.63, 3.8) is 0 Å². The van der Waals surface area contributed by atoms with Crippen molar-refractivity contribution >= 4 is 5.91 Å². The zero-order valence-corrected chi connectivity index (χ0v) is 16.5. The van der Waals surface area contributed by atoms with E-state index in [0.717, 1.165) is 5.56 Å². The number of primary amides is 1. The summed E-state index contributed by atoms with van der Waals surface area (Å²) in [7, 11) is 0. The van der Waals surface area contributed by atoms with Crippen LogP contribution in [0.4, 0.5) is 8.78 Å². The minimum absolute atomic E-state index is 0.143. The maximum absolute atomic E-state index is 13.8. The van der Waals surface area contributed by atoms with Crippen molar-refractivity contribution in [2.75, 3.05) is 0 Å². The molecule has 0 aliphatic rings. The number of carbonyl (C=O) groups excluding carboxylic acids is 1. The molecule has 3 N–H and O–H groups in total.